The lowest BCUT2D eigenvalue weighted by Gasteiger charge is -2.13. The summed E-state index contributed by atoms with van der Waals surface area (Å²) in [5.74, 6) is 1.07. The van der Waals surface area contributed by atoms with Crippen molar-refractivity contribution in [2.75, 3.05) is 26.6 Å². The normalized spacial score (nSPS) is 10.0. The Morgan fingerprint density at radius 3 is 2.14 bits per heavy atom. The van der Waals surface area contributed by atoms with E-state index in [4.69, 9.17) is 14.2 Å². The molecular weight excluding hydrogens is 400 g/mol. The lowest BCUT2D eigenvalue weighted by Crippen LogP contribution is -2.04. The summed E-state index contributed by atoms with van der Waals surface area (Å²) in [4.78, 5) is 17.3. The lowest BCUT2D eigenvalue weighted by atomic mass is 10.1. The number of thiazole rings is 1. The van der Waals surface area contributed by atoms with Crippen molar-refractivity contribution < 1.29 is 19.0 Å². The van der Waals surface area contributed by atoms with E-state index >= 15 is 0 Å². The maximum absolute atomic E-state index is 12.9. The zero-order chi connectivity index (χ0) is 19.4. The van der Waals surface area contributed by atoms with E-state index in [1.807, 2.05) is 31.2 Å². The van der Waals surface area contributed by atoms with Crippen molar-refractivity contribution in [3.05, 3.63) is 58.6 Å². The van der Waals surface area contributed by atoms with Crippen molar-refractivity contribution >= 4 is 40.3 Å². The molecule has 8 heteroatoms. The van der Waals surface area contributed by atoms with Crippen LogP contribution in [0.1, 0.15) is 21.6 Å². The zero-order valence-electron chi connectivity index (χ0n) is 15.9. The Labute approximate surface area is 173 Å². The maximum Gasteiger partial charge on any atom is 0.212 e. The SMILES string of the molecule is COc1cc(C(=O)c2csc(Nc3ccc(C)cc3)n2)cc(OC)c1OC.Cl. The highest BCUT2D eigenvalue weighted by molar-refractivity contribution is 7.14. The summed E-state index contributed by atoms with van der Waals surface area (Å²) in [5, 5.41) is 5.58. The van der Waals surface area contributed by atoms with Gasteiger partial charge in [0.25, 0.3) is 0 Å². The molecular formula is C20H21ClN2O4S. The first-order valence-corrected chi connectivity index (χ1v) is 9.07. The van der Waals surface area contributed by atoms with Crippen LogP contribution in [0.2, 0.25) is 0 Å². The van der Waals surface area contributed by atoms with Gasteiger partial charge in [-0.3, -0.25) is 4.79 Å². The predicted octanol–water partition coefficient (Wildman–Crippen LogP) is 4.87. The number of aromatic nitrogens is 1. The monoisotopic (exact) mass is 420 g/mol. The number of hydrogen-bond donors (Lipinski definition) is 1. The number of rotatable bonds is 7. The molecule has 1 heterocycles. The quantitative estimate of drug-likeness (QED) is 0.549. The Balaban J connectivity index is 0.00000280. The number of carbonyl (C=O) groups excluding carboxylic acids is 1. The molecule has 3 rings (SSSR count). The fourth-order valence-corrected chi connectivity index (χ4v) is 3.27. The van der Waals surface area contributed by atoms with Crippen LogP contribution < -0.4 is 19.5 Å². The molecule has 0 radical (unpaired) electrons. The molecule has 1 N–H and O–H groups in total. The van der Waals surface area contributed by atoms with Crippen molar-refractivity contribution in [3.8, 4) is 17.2 Å². The van der Waals surface area contributed by atoms with Crippen LogP contribution in [0.3, 0.4) is 0 Å². The van der Waals surface area contributed by atoms with Gasteiger partial charge in [0.05, 0.1) is 21.3 Å². The van der Waals surface area contributed by atoms with E-state index in [0.29, 0.717) is 33.6 Å². The summed E-state index contributed by atoms with van der Waals surface area (Å²) in [7, 11) is 4.54. The summed E-state index contributed by atoms with van der Waals surface area (Å²) in [6.45, 7) is 2.03. The van der Waals surface area contributed by atoms with Crippen LogP contribution >= 0.6 is 23.7 Å². The number of aryl methyl sites for hydroxylation is 1. The minimum atomic E-state index is -0.220. The molecule has 0 fully saturated rings. The molecule has 0 atom stereocenters. The molecule has 0 aliphatic carbocycles. The van der Waals surface area contributed by atoms with Gasteiger partial charge >= 0.3 is 0 Å². The summed E-state index contributed by atoms with van der Waals surface area (Å²) < 4.78 is 15.9. The van der Waals surface area contributed by atoms with E-state index < -0.39 is 0 Å². The molecule has 0 saturated carbocycles. The van der Waals surface area contributed by atoms with Crippen LogP contribution in [-0.2, 0) is 0 Å². The highest BCUT2D eigenvalue weighted by Gasteiger charge is 2.20. The number of anilines is 2. The summed E-state index contributed by atoms with van der Waals surface area (Å²) in [5.41, 5.74) is 2.86. The third kappa shape index (κ3) is 4.55. The molecule has 6 nitrogen and oxygen atoms in total. The van der Waals surface area contributed by atoms with Gasteiger partial charge in [-0.05, 0) is 31.2 Å². The molecule has 3 aromatic rings. The number of methoxy groups -OCH3 is 3. The Morgan fingerprint density at radius 1 is 1.00 bits per heavy atom. The van der Waals surface area contributed by atoms with Gasteiger partial charge in [-0.2, -0.15) is 0 Å². The highest BCUT2D eigenvalue weighted by Crippen LogP contribution is 2.38. The number of nitrogens with one attached hydrogen (secondary N) is 1. The number of benzene rings is 2. The van der Waals surface area contributed by atoms with Crippen molar-refractivity contribution in [1.29, 1.82) is 0 Å². The molecule has 148 valence electrons. The van der Waals surface area contributed by atoms with Gasteiger partial charge < -0.3 is 19.5 Å². The first-order chi connectivity index (χ1) is 13.0. The maximum atomic E-state index is 12.9. The molecule has 0 unspecified atom stereocenters. The second-order valence-electron chi connectivity index (χ2n) is 5.77. The molecule has 0 aliphatic heterocycles. The second-order valence-corrected chi connectivity index (χ2v) is 6.63. The van der Waals surface area contributed by atoms with E-state index in [0.717, 1.165) is 5.69 Å². The van der Waals surface area contributed by atoms with Crippen LogP contribution in [0.5, 0.6) is 17.2 Å². The average Bonchev–Trinajstić information content (AvgIpc) is 3.16. The van der Waals surface area contributed by atoms with Gasteiger partial charge in [-0.1, -0.05) is 17.7 Å². The fourth-order valence-electron chi connectivity index (χ4n) is 2.56. The topological polar surface area (TPSA) is 69.7 Å². The Kier molecular flexibility index (Phi) is 7.25. The Morgan fingerprint density at radius 2 is 1.61 bits per heavy atom. The van der Waals surface area contributed by atoms with Gasteiger partial charge in [-0.15, -0.1) is 23.7 Å². The smallest absolute Gasteiger partial charge is 0.212 e. The minimum absolute atomic E-state index is 0. The third-order valence-electron chi connectivity index (χ3n) is 3.97. The minimum Gasteiger partial charge on any atom is -0.493 e. The van der Waals surface area contributed by atoms with Crippen molar-refractivity contribution in [2.45, 2.75) is 6.92 Å². The number of ether oxygens (including phenoxy) is 3. The number of ketones is 1. The fraction of sp³-hybridized carbons (Fsp3) is 0.200. The number of hydrogen-bond acceptors (Lipinski definition) is 7. The number of carbonyl (C=O) groups is 1. The van der Waals surface area contributed by atoms with Crippen molar-refractivity contribution in [3.63, 3.8) is 0 Å². The van der Waals surface area contributed by atoms with E-state index in [-0.39, 0.29) is 18.2 Å². The van der Waals surface area contributed by atoms with Crippen molar-refractivity contribution in [2.24, 2.45) is 0 Å². The summed E-state index contributed by atoms with van der Waals surface area (Å²) >= 11 is 1.37. The van der Waals surface area contributed by atoms with Crippen LogP contribution in [0.15, 0.2) is 41.8 Å². The van der Waals surface area contributed by atoms with E-state index in [1.54, 1.807) is 17.5 Å². The molecule has 0 saturated heterocycles. The Hall–Kier alpha value is -2.77. The summed E-state index contributed by atoms with van der Waals surface area (Å²) in [6.07, 6.45) is 0. The molecule has 0 spiro atoms. The van der Waals surface area contributed by atoms with Crippen LogP contribution in [0, 0.1) is 6.92 Å². The van der Waals surface area contributed by atoms with Gasteiger partial charge in [0.2, 0.25) is 11.5 Å². The standard InChI is InChI=1S/C20H20N2O4S.ClH/c1-12-5-7-14(8-6-12)21-20-22-15(11-27-20)18(23)13-9-16(24-2)19(26-4)17(10-13)25-3;/h5-11H,1-4H3,(H,21,22);1H. The number of nitrogens with zero attached hydrogens (tertiary/aromatic N) is 1. The van der Waals surface area contributed by atoms with E-state index in [1.165, 1.54) is 38.2 Å². The van der Waals surface area contributed by atoms with E-state index in [9.17, 15) is 4.79 Å². The first kappa shape index (κ1) is 21.5. The first-order valence-electron chi connectivity index (χ1n) is 8.19. The van der Waals surface area contributed by atoms with Gasteiger partial charge in [0.1, 0.15) is 5.69 Å². The van der Waals surface area contributed by atoms with Gasteiger partial charge in [-0.25, -0.2) is 4.98 Å². The predicted molar refractivity (Wildman–Crippen MR) is 113 cm³/mol. The molecule has 2 aromatic carbocycles. The molecule has 0 aliphatic rings. The average molecular weight is 421 g/mol. The van der Waals surface area contributed by atoms with Crippen LogP contribution in [-0.4, -0.2) is 32.1 Å². The highest BCUT2D eigenvalue weighted by atomic mass is 35.5. The molecule has 0 bridgehead atoms. The third-order valence-corrected chi connectivity index (χ3v) is 4.72. The molecule has 28 heavy (non-hydrogen) atoms. The van der Waals surface area contributed by atoms with Crippen LogP contribution in [0.4, 0.5) is 10.8 Å². The second kappa shape index (κ2) is 9.43. The molecule has 1 aromatic heterocycles. The van der Waals surface area contributed by atoms with E-state index in [2.05, 4.69) is 10.3 Å². The Bertz CT molecular complexity index is 932. The van der Waals surface area contributed by atoms with Crippen molar-refractivity contribution in [1.82, 2.24) is 4.98 Å². The summed E-state index contributed by atoms with van der Waals surface area (Å²) in [6, 6.07) is 11.2. The van der Waals surface area contributed by atoms with Crippen LogP contribution in [0.25, 0.3) is 0 Å². The van der Waals surface area contributed by atoms with Gasteiger partial charge in [0.15, 0.2) is 16.6 Å². The van der Waals surface area contributed by atoms with Gasteiger partial charge in [0, 0.05) is 16.6 Å². The largest absolute Gasteiger partial charge is 0.493 e. The number of halogens is 1. The zero-order valence-corrected chi connectivity index (χ0v) is 17.6. The molecule has 0 amide bonds. The lowest BCUT2D eigenvalue weighted by molar-refractivity contribution is 0.103.